The van der Waals surface area contributed by atoms with Crippen molar-refractivity contribution in [2.45, 2.75) is 50.7 Å². The maximum absolute atomic E-state index is 9.47. The molecule has 0 radical (unpaired) electrons. The molecule has 2 aliphatic rings. The van der Waals surface area contributed by atoms with E-state index in [1.54, 1.807) is 0 Å². The Morgan fingerprint density at radius 2 is 1.17 bits per heavy atom. The van der Waals surface area contributed by atoms with E-state index >= 15 is 0 Å². The van der Waals surface area contributed by atoms with Crippen molar-refractivity contribution in [3.05, 3.63) is 0 Å². The molecule has 2 saturated carbocycles. The van der Waals surface area contributed by atoms with E-state index in [-0.39, 0.29) is 0 Å². The third-order valence-corrected chi connectivity index (χ3v) is 3.60. The van der Waals surface area contributed by atoms with E-state index in [1.807, 2.05) is 0 Å². The zero-order valence-electron chi connectivity index (χ0n) is 7.45. The van der Waals surface area contributed by atoms with Gasteiger partial charge in [-0.2, -0.15) is 0 Å². The largest absolute Gasteiger partial charge is 0.390 e. The van der Waals surface area contributed by atoms with Crippen LogP contribution in [-0.4, -0.2) is 22.4 Å². The Hall–Kier alpha value is -0.0800. The third kappa shape index (κ3) is 1.50. The summed E-state index contributed by atoms with van der Waals surface area (Å²) < 4.78 is 0. The Balaban J connectivity index is 1.98. The summed E-state index contributed by atoms with van der Waals surface area (Å²) in [7, 11) is 0. The molecule has 0 aromatic heterocycles. The minimum Gasteiger partial charge on any atom is -0.390 e. The van der Waals surface area contributed by atoms with Gasteiger partial charge in [0.25, 0.3) is 0 Å². The summed E-state index contributed by atoms with van der Waals surface area (Å²) in [6, 6.07) is 0. The number of hydrogen-bond acceptors (Lipinski definition) is 2. The highest BCUT2D eigenvalue weighted by Crippen LogP contribution is 2.40. The van der Waals surface area contributed by atoms with Gasteiger partial charge in [0.15, 0.2) is 0 Å². The van der Waals surface area contributed by atoms with Crippen LogP contribution in [0.1, 0.15) is 38.5 Å². The van der Waals surface area contributed by atoms with Gasteiger partial charge in [0.1, 0.15) is 0 Å². The second-order valence-electron chi connectivity index (χ2n) is 4.41. The van der Waals surface area contributed by atoms with Crippen LogP contribution in [0.3, 0.4) is 0 Å². The predicted molar refractivity (Wildman–Crippen MR) is 46.7 cm³/mol. The van der Waals surface area contributed by atoms with Gasteiger partial charge in [-0.3, -0.25) is 0 Å². The van der Waals surface area contributed by atoms with E-state index in [4.69, 9.17) is 0 Å². The first-order chi connectivity index (χ1) is 5.77. The molecule has 0 aromatic carbocycles. The van der Waals surface area contributed by atoms with E-state index in [2.05, 4.69) is 0 Å². The van der Waals surface area contributed by atoms with Crippen LogP contribution in [0.5, 0.6) is 0 Å². The van der Waals surface area contributed by atoms with Gasteiger partial charge in [-0.25, -0.2) is 0 Å². The van der Waals surface area contributed by atoms with E-state index in [0.717, 1.165) is 12.8 Å². The van der Waals surface area contributed by atoms with Crippen LogP contribution in [0.4, 0.5) is 0 Å². The molecule has 0 aromatic rings. The van der Waals surface area contributed by atoms with Crippen molar-refractivity contribution in [3.63, 3.8) is 0 Å². The van der Waals surface area contributed by atoms with Crippen molar-refractivity contribution >= 4 is 0 Å². The van der Waals surface area contributed by atoms with Gasteiger partial charge in [0, 0.05) is 0 Å². The van der Waals surface area contributed by atoms with Crippen LogP contribution in [0.25, 0.3) is 0 Å². The first-order valence-corrected chi connectivity index (χ1v) is 5.13. The van der Waals surface area contributed by atoms with E-state index < -0.39 is 12.2 Å². The summed E-state index contributed by atoms with van der Waals surface area (Å²) in [4.78, 5) is 0. The number of fused-ring (bicyclic) bond motifs is 1. The molecule has 2 aliphatic carbocycles. The molecule has 12 heavy (non-hydrogen) atoms. The predicted octanol–water partition coefficient (Wildman–Crippen LogP) is 1.31. The zero-order chi connectivity index (χ0) is 8.55. The van der Waals surface area contributed by atoms with Gasteiger partial charge >= 0.3 is 0 Å². The maximum Gasteiger partial charge on any atom is 0.0802 e. The van der Waals surface area contributed by atoms with Crippen molar-refractivity contribution in [2.75, 3.05) is 0 Å². The topological polar surface area (TPSA) is 40.5 Å². The monoisotopic (exact) mass is 170 g/mol. The molecule has 2 N–H and O–H groups in total. The molecule has 2 rings (SSSR count). The average molecular weight is 170 g/mol. The van der Waals surface area contributed by atoms with Gasteiger partial charge in [0.05, 0.1) is 12.2 Å². The highest BCUT2D eigenvalue weighted by Gasteiger charge is 2.36. The minimum absolute atomic E-state index is 0.440. The summed E-state index contributed by atoms with van der Waals surface area (Å²) >= 11 is 0. The second kappa shape index (κ2) is 3.35. The first kappa shape index (κ1) is 8.52. The standard InChI is InChI=1S/C10H18O2/c11-9-5-7-3-1-2-4-8(7)6-10(9)12/h7-12H,1-6H2/t7-,8-,9+,10+/m0/s1. The Kier molecular flexibility index (Phi) is 2.37. The van der Waals surface area contributed by atoms with Crippen molar-refractivity contribution < 1.29 is 10.2 Å². The second-order valence-corrected chi connectivity index (χ2v) is 4.41. The molecule has 0 heterocycles. The SMILES string of the molecule is O[C@@H]1C[C@@H]2CCCC[C@H]2C[C@H]1O. The summed E-state index contributed by atoms with van der Waals surface area (Å²) in [5, 5.41) is 18.9. The molecule has 2 fully saturated rings. The Morgan fingerprint density at radius 3 is 1.58 bits per heavy atom. The highest BCUT2D eigenvalue weighted by atomic mass is 16.3. The molecule has 4 atom stereocenters. The van der Waals surface area contributed by atoms with Crippen molar-refractivity contribution in [3.8, 4) is 0 Å². The molecular formula is C10H18O2. The average Bonchev–Trinajstić information content (AvgIpc) is 2.07. The number of rotatable bonds is 0. The van der Waals surface area contributed by atoms with E-state index in [1.165, 1.54) is 25.7 Å². The lowest BCUT2D eigenvalue weighted by molar-refractivity contribution is -0.0566. The fraction of sp³-hybridized carbons (Fsp3) is 1.00. The summed E-state index contributed by atoms with van der Waals surface area (Å²) in [6.45, 7) is 0. The fourth-order valence-electron chi connectivity index (χ4n) is 2.84. The van der Waals surface area contributed by atoms with Crippen molar-refractivity contribution in [1.29, 1.82) is 0 Å². The normalized spacial score (nSPS) is 48.5. The van der Waals surface area contributed by atoms with Crippen molar-refractivity contribution in [2.24, 2.45) is 11.8 Å². The number of aliphatic hydroxyl groups is 2. The lowest BCUT2D eigenvalue weighted by Crippen LogP contribution is -2.40. The van der Waals surface area contributed by atoms with Crippen LogP contribution < -0.4 is 0 Å². The molecule has 0 unspecified atom stereocenters. The van der Waals surface area contributed by atoms with Gasteiger partial charge in [-0.05, 0) is 24.7 Å². The lowest BCUT2D eigenvalue weighted by atomic mass is 9.69. The van der Waals surface area contributed by atoms with E-state index in [0.29, 0.717) is 11.8 Å². The smallest absolute Gasteiger partial charge is 0.0802 e. The molecule has 2 nitrogen and oxygen atoms in total. The summed E-state index contributed by atoms with van der Waals surface area (Å²) in [5.74, 6) is 1.41. The number of aliphatic hydroxyl groups excluding tert-OH is 2. The molecule has 0 bridgehead atoms. The summed E-state index contributed by atoms with van der Waals surface area (Å²) in [6.07, 6.45) is 5.99. The molecular weight excluding hydrogens is 152 g/mol. The van der Waals surface area contributed by atoms with Gasteiger partial charge in [-0.1, -0.05) is 25.7 Å². The molecule has 0 spiro atoms. The highest BCUT2D eigenvalue weighted by molar-refractivity contribution is 4.87. The fourth-order valence-corrected chi connectivity index (χ4v) is 2.84. The van der Waals surface area contributed by atoms with E-state index in [9.17, 15) is 10.2 Å². The third-order valence-electron chi connectivity index (χ3n) is 3.60. The Bertz CT molecular complexity index is 140. The number of hydrogen-bond donors (Lipinski definition) is 2. The Morgan fingerprint density at radius 1 is 0.750 bits per heavy atom. The van der Waals surface area contributed by atoms with Crippen LogP contribution in [0, 0.1) is 11.8 Å². The van der Waals surface area contributed by atoms with Gasteiger partial charge in [0.2, 0.25) is 0 Å². The van der Waals surface area contributed by atoms with Gasteiger partial charge < -0.3 is 10.2 Å². The maximum atomic E-state index is 9.47. The van der Waals surface area contributed by atoms with Gasteiger partial charge in [-0.15, -0.1) is 0 Å². The first-order valence-electron chi connectivity index (χ1n) is 5.13. The Labute approximate surface area is 73.6 Å². The molecule has 70 valence electrons. The molecule has 0 aliphatic heterocycles. The molecule has 0 saturated heterocycles. The van der Waals surface area contributed by atoms with Crippen LogP contribution in [-0.2, 0) is 0 Å². The summed E-state index contributed by atoms with van der Waals surface area (Å²) in [5.41, 5.74) is 0. The van der Waals surface area contributed by atoms with Crippen LogP contribution in [0.15, 0.2) is 0 Å². The minimum atomic E-state index is -0.440. The zero-order valence-corrected chi connectivity index (χ0v) is 7.45. The lowest BCUT2D eigenvalue weighted by Gasteiger charge is -2.40. The van der Waals surface area contributed by atoms with Crippen LogP contribution in [0.2, 0.25) is 0 Å². The quantitative estimate of drug-likeness (QED) is 0.575. The van der Waals surface area contributed by atoms with Crippen molar-refractivity contribution in [1.82, 2.24) is 0 Å². The molecule has 2 heteroatoms. The van der Waals surface area contributed by atoms with Crippen LogP contribution >= 0.6 is 0 Å². The molecule has 0 amide bonds.